The minimum atomic E-state index is -0.845. The van der Waals surface area contributed by atoms with Crippen molar-refractivity contribution in [2.45, 2.75) is 20.3 Å². The Bertz CT molecular complexity index is 507. The highest BCUT2D eigenvalue weighted by Gasteiger charge is 2.25. The first-order valence-corrected chi connectivity index (χ1v) is 6.34. The van der Waals surface area contributed by atoms with Crippen LogP contribution in [0.2, 0.25) is 0 Å². The fourth-order valence-electron chi connectivity index (χ4n) is 1.81. The quantitative estimate of drug-likeness (QED) is 0.586. The normalized spacial score (nSPS) is 11.6. The zero-order chi connectivity index (χ0) is 15.1. The average molecular weight is 278 g/mol. The number of esters is 2. The van der Waals surface area contributed by atoms with E-state index < -0.39 is 17.9 Å². The second-order valence-electron chi connectivity index (χ2n) is 4.31. The minimum absolute atomic E-state index is 0.207. The summed E-state index contributed by atoms with van der Waals surface area (Å²) in [7, 11) is 1.30. The molecular formula is C15H18O5. The molecule has 0 amide bonds. The van der Waals surface area contributed by atoms with Crippen LogP contribution >= 0.6 is 0 Å². The monoisotopic (exact) mass is 278 g/mol. The molecule has 0 unspecified atom stereocenters. The van der Waals surface area contributed by atoms with E-state index in [1.165, 1.54) is 14.0 Å². The molecule has 0 aromatic heterocycles. The van der Waals surface area contributed by atoms with Crippen LogP contribution in [0, 0.1) is 5.92 Å². The number of rotatable bonds is 6. The van der Waals surface area contributed by atoms with Gasteiger partial charge in [0.25, 0.3) is 0 Å². The Labute approximate surface area is 117 Å². The van der Waals surface area contributed by atoms with Crippen LogP contribution in [0.5, 0.6) is 0 Å². The van der Waals surface area contributed by atoms with Gasteiger partial charge in [-0.3, -0.25) is 9.59 Å². The Hall–Kier alpha value is -2.17. The molecule has 108 valence electrons. The van der Waals surface area contributed by atoms with Gasteiger partial charge < -0.3 is 9.47 Å². The third kappa shape index (κ3) is 4.19. The highest BCUT2D eigenvalue weighted by molar-refractivity contribution is 5.98. The molecule has 0 saturated heterocycles. The van der Waals surface area contributed by atoms with Gasteiger partial charge in [-0.15, -0.1) is 0 Å². The number of methoxy groups -OCH3 is 1. The standard InChI is InChI=1S/C15H18O5/c1-4-20-15(18)13(10(2)16)9-11-6-5-7-12(8-11)14(17)19-3/h5-8,13H,4,9H2,1-3H3/t13-/m1/s1. The van der Waals surface area contributed by atoms with Gasteiger partial charge in [-0.1, -0.05) is 12.1 Å². The van der Waals surface area contributed by atoms with E-state index in [1.807, 2.05) is 0 Å². The Kier molecular flexibility index (Phi) is 5.90. The molecule has 1 atom stereocenters. The molecule has 1 aromatic carbocycles. The Balaban J connectivity index is 2.91. The summed E-state index contributed by atoms with van der Waals surface area (Å²) in [4.78, 5) is 34.7. The maximum atomic E-state index is 11.7. The third-order valence-electron chi connectivity index (χ3n) is 2.85. The molecule has 0 saturated carbocycles. The van der Waals surface area contributed by atoms with E-state index in [2.05, 4.69) is 4.74 Å². The molecule has 0 aliphatic carbocycles. The molecule has 0 N–H and O–H groups in total. The van der Waals surface area contributed by atoms with Crippen molar-refractivity contribution in [3.8, 4) is 0 Å². The summed E-state index contributed by atoms with van der Waals surface area (Å²) < 4.78 is 9.52. The van der Waals surface area contributed by atoms with E-state index >= 15 is 0 Å². The molecular weight excluding hydrogens is 260 g/mol. The van der Waals surface area contributed by atoms with Crippen LogP contribution in [0.3, 0.4) is 0 Å². The van der Waals surface area contributed by atoms with E-state index in [4.69, 9.17) is 4.74 Å². The van der Waals surface area contributed by atoms with Crippen LogP contribution in [-0.2, 0) is 25.5 Å². The fourth-order valence-corrected chi connectivity index (χ4v) is 1.81. The van der Waals surface area contributed by atoms with Gasteiger partial charge in [-0.25, -0.2) is 4.79 Å². The van der Waals surface area contributed by atoms with Gasteiger partial charge >= 0.3 is 11.9 Å². The lowest BCUT2D eigenvalue weighted by Crippen LogP contribution is -2.26. The van der Waals surface area contributed by atoms with Gasteiger partial charge in [0.2, 0.25) is 0 Å². The zero-order valence-electron chi connectivity index (χ0n) is 11.8. The highest BCUT2D eigenvalue weighted by atomic mass is 16.5. The number of carbonyl (C=O) groups excluding carboxylic acids is 3. The zero-order valence-corrected chi connectivity index (χ0v) is 11.8. The minimum Gasteiger partial charge on any atom is -0.465 e. The van der Waals surface area contributed by atoms with Crippen molar-refractivity contribution in [1.29, 1.82) is 0 Å². The largest absolute Gasteiger partial charge is 0.465 e. The number of hydrogen-bond acceptors (Lipinski definition) is 5. The number of benzene rings is 1. The van der Waals surface area contributed by atoms with Crippen molar-refractivity contribution < 1.29 is 23.9 Å². The third-order valence-corrected chi connectivity index (χ3v) is 2.85. The SMILES string of the molecule is CCOC(=O)[C@H](Cc1cccc(C(=O)OC)c1)C(C)=O. The van der Waals surface area contributed by atoms with Crippen molar-refractivity contribution in [3.63, 3.8) is 0 Å². The number of carbonyl (C=O) groups is 3. The molecule has 0 fully saturated rings. The van der Waals surface area contributed by atoms with Crippen LogP contribution in [0.15, 0.2) is 24.3 Å². The molecule has 0 bridgehead atoms. The van der Waals surface area contributed by atoms with Crippen LogP contribution in [-0.4, -0.2) is 31.4 Å². The van der Waals surface area contributed by atoms with E-state index in [1.54, 1.807) is 31.2 Å². The van der Waals surface area contributed by atoms with E-state index in [-0.39, 0.29) is 18.8 Å². The van der Waals surface area contributed by atoms with Crippen LogP contribution < -0.4 is 0 Å². The number of hydrogen-bond donors (Lipinski definition) is 0. The first-order chi connectivity index (χ1) is 9.49. The number of ether oxygens (including phenoxy) is 2. The molecule has 0 spiro atoms. The predicted molar refractivity (Wildman–Crippen MR) is 72.3 cm³/mol. The van der Waals surface area contributed by atoms with Gasteiger partial charge in [0.15, 0.2) is 0 Å². The smallest absolute Gasteiger partial charge is 0.337 e. The number of Topliss-reactive ketones (excluding diaryl/α,β-unsaturated/α-hetero) is 1. The summed E-state index contributed by atoms with van der Waals surface area (Å²) in [6, 6.07) is 6.66. The van der Waals surface area contributed by atoms with E-state index in [0.29, 0.717) is 11.1 Å². The van der Waals surface area contributed by atoms with Crippen molar-refractivity contribution in [1.82, 2.24) is 0 Å². The van der Waals surface area contributed by atoms with E-state index in [0.717, 1.165) is 0 Å². The van der Waals surface area contributed by atoms with Gasteiger partial charge in [0.05, 0.1) is 19.3 Å². The second kappa shape index (κ2) is 7.43. The van der Waals surface area contributed by atoms with Crippen molar-refractivity contribution in [2.75, 3.05) is 13.7 Å². The summed E-state index contributed by atoms with van der Waals surface area (Å²) in [5, 5.41) is 0. The molecule has 5 nitrogen and oxygen atoms in total. The van der Waals surface area contributed by atoms with Gasteiger partial charge in [-0.05, 0) is 38.0 Å². The Morgan fingerprint density at radius 1 is 1.25 bits per heavy atom. The molecule has 1 rings (SSSR count). The summed E-state index contributed by atoms with van der Waals surface area (Å²) in [5.41, 5.74) is 1.09. The molecule has 5 heteroatoms. The molecule has 0 aliphatic heterocycles. The van der Waals surface area contributed by atoms with Crippen LogP contribution in [0.25, 0.3) is 0 Å². The average Bonchev–Trinajstić information content (AvgIpc) is 2.44. The van der Waals surface area contributed by atoms with Crippen molar-refractivity contribution >= 4 is 17.7 Å². The number of ketones is 1. The summed E-state index contributed by atoms with van der Waals surface area (Å²) in [5.74, 6) is -2.10. The van der Waals surface area contributed by atoms with Gasteiger partial charge in [-0.2, -0.15) is 0 Å². The highest BCUT2D eigenvalue weighted by Crippen LogP contribution is 2.14. The van der Waals surface area contributed by atoms with Crippen LogP contribution in [0.1, 0.15) is 29.8 Å². The lowest BCUT2D eigenvalue weighted by atomic mass is 9.95. The first-order valence-electron chi connectivity index (χ1n) is 6.34. The van der Waals surface area contributed by atoms with Crippen LogP contribution in [0.4, 0.5) is 0 Å². The van der Waals surface area contributed by atoms with Crippen molar-refractivity contribution in [2.24, 2.45) is 5.92 Å². The first kappa shape index (κ1) is 15.9. The summed E-state index contributed by atoms with van der Waals surface area (Å²) in [6.45, 7) is 3.27. The fraction of sp³-hybridized carbons (Fsp3) is 0.400. The topological polar surface area (TPSA) is 69.7 Å². The predicted octanol–water partition coefficient (Wildman–Crippen LogP) is 1.78. The lowest BCUT2D eigenvalue weighted by Gasteiger charge is -2.13. The maximum absolute atomic E-state index is 11.7. The summed E-state index contributed by atoms with van der Waals surface area (Å²) in [6.07, 6.45) is 0.207. The molecule has 0 radical (unpaired) electrons. The lowest BCUT2D eigenvalue weighted by molar-refractivity contribution is -0.151. The van der Waals surface area contributed by atoms with Crippen molar-refractivity contribution in [3.05, 3.63) is 35.4 Å². The second-order valence-corrected chi connectivity index (χ2v) is 4.31. The molecule has 1 aromatic rings. The molecule has 20 heavy (non-hydrogen) atoms. The molecule has 0 aliphatic rings. The Morgan fingerprint density at radius 2 is 1.95 bits per heavy atom. The van der Waals surface area contributed by atoms with Gasteiger partial charge in [0, 0.05) is 0 Å². The van der Waals surface area contributed by atoms with E-state index in [9.17, 15) is 14.4 Å². The molecule has 0 heterocycles. The summed E-state index contributed by atoms with van der Waals surface area (Å²) >= 11 is 0. The Morgan fingerprint density at radius 3 is 2.50 bits per heavy atom. The van der Waals surface area contributed by atoms with Gasteiger partial charge in [0.1, 0.15) is 11.7 Å². The maximum Gasteiger partial charge on any atom is 0.337 e.